The van der Waals surface area contributed by atoms with Crippen molar-refractivity contribution >= 4 is 33.2 Å². The van der Waals surface area contributed by atoms with Crippen LogP contribution < -0.4 is 23.8 Å². The number of anilines is 1. The third-order valence-corrected chi connectivity index (χ3v) is 7.90. The minimum absolute atomic E-state index is 0.0717. The number of benzene rings is 3. The zero-order valence-electron chi connectivity index (χ0n) is 18.8. The number of hydrogen-bond donors (Lipinski definition) is 1. The van der Waals surface area contributed by atoms with E-state index in [2.05, 4.69) is 5.32 Å². The summed E-state index contributed by atoms with van der Waals surface area (Å²) in [5, 5.41) is 3.35. The van der Waals surface area contributed by atoms with Crippen LogP contribution in [0, 0.1) is 0 Å². The molecule has 0 aliphatic carbocycles. The van der Waals surface area contributed by atoms with Crippen molar-refractivity contribution in [3.63, 3.8) is 0 Å². The van der Waals surface area contributed by atoms with Crippen LogP contribution in [0.15, 0.2) is 71.6 Å². The van der Waals surface area contributed by atoms with Crippen molar-refractivity contribution in [2.24, 2.45) is 0 Å². The van der Waals surface area contributed by atoms with E-state index in [-0.39, 0.29) is 17.5 Å². The highest BCUT2D eigenvalue weighted by Gasteiger charge is 2.37. The van der Waals surface area contributed by atoms with E-state index in [1.807, 2.05) is 19.1 Å². The average molecular weight is 515 g/mol. The lowest BCUT2D eigenvalue weighted by molar-refractivity contribution is -0.128. The van der Waals surface area contributed by atoms with Gasteiger partial charge in [0, 0.05) is 5.02 Å². The summed E-state index contributed by atoms with van der Waals surface area (Å²) in [5.74, 6) is 1.16. The van der Waals surface area contributed by atoms with Crippen molar-refractivity contribution in [2.75, 3.05) is 24.1 Å². The first-order chi connectivity index (χ1) is 16.8. The molecule has 8 nitrogen and oxygen atoms in total. The highest BCUT2D eigenvalue weighted by molar-refractivity contribution is 7.92. The van der Waals surface area contributed by atoms with Gasteiger partial charge in [0.05, 0.1) is 23.2 Å². The predicted octanol–water partition coefficient (Wildman–Crippen LogP) is 3.94. The Bertz CT molecular complexity index is 1360. The van der Waals surface area contributed by atoms with Gasteiger partial charge in [-0.3, -0.25) is 9.10 Å². The van der Waals surface area contributed by atoms with Gasteiger partial charge in [0.1, 0.15) is 19.0 Å². The van der Waals surface area contributed by atoms with E-state index in [4.69, 9.17) is 25.8 Å². The number of ether oxygens (including phenoxy) is 3. The molecule has 5 rings (SSSR count). The Morgan fingerprint density at radius 3 is 2.49 bits per heavy atom. The number of rotatable bonds is 5. The zero-order valence-corrected chi connectivity index (χ0v) is 20.4. The number of hydrogen-bond acceptors (Lipinski definition) is 6. The molecule has 2 unspecified atom stereocenters. The van der Waals surface area contributed by atoms with E-state index in [1.165, 1.54) is 28.6 Å². The van der Waals surface area contributed by atoms with E-state index in [0.717, 1.165) is 5.56 Å². The molecule has 10 heteroatoms. The molecule has 2 atom stereocenters. The van der Waals surface area contributed by atoms with Crippen molar-refractivity contribution in [3.05, 3.63) is 77.3 Å². The second kappa shape index (κ2) is 9.31. The summed E-state index contributed by atoms with van der Waals surface area (Å²) in [6, 6.07) is 17.8. The normalized spacial score (nSPS) is 17.7. The first-order valence-corrected chi connectivity index (χ1v) is 12.9. The zero-order chi connectivity index (χ0) is 24.6. The van der Waals surface area contributed by atoms with Gasteiger partial charge in [-0.1, -0.05) is 29.8 Å². The molecule has 0 fully saturated rings. The fourth-order valence-electron chi connectivity index (χ4n) is 4.02. The quantitative estimate of drug-likeness (QED) is 0.554. The number of halogens is 1. The van der Waals surface area contributed by atoms with E-state index in [0.29, 0.717) is 41.2 Å². The number of carbonyl (C=O) groups is 1. The number of fused-ring (bicyclic) bond motifs is 2. The number of nitrogens with one attached hydrogen (secondary N) is 1. The monoisotopic (exact) mass is 514 g/mol. The summed E-state index contributed by atoms with van der Waals surface area (Å²) in [5.41, 5.74) is 1.19. The van der Waals surface area contributed by atoms with Crippen molar-refractivity contribution < 1.29 is 27.4 Å². The molecule has 0 radical (unpaired) electrons. The Morgan fingerprint density at radius 1 is 1.00 bits per heavy atom. The lowest BCUT2D eigenvalue weighted by Gasteiger charge is -2.35. The molecule has 0 saturated heterocycles. The van der Waals surface area contributed by atoms with Crippen molar-refractivity contribution in [1.29, 1.82) is 0 Å². The van der Waals surface area contributed by atoms with Crippen LogP contribution in [-0.4, -0.2) is 40.2 Å². The number of sulfonamides is 1. The molecule has 1 amide bonds. The summed E-state index contributed by atoms with van der Waals surface area (Å²) < 4.78 is 45.3. The largest absolute Gasteiger partial charge is 0.486 e. The molecular formula is C25H23ClN2O6S. The van der Waals surface area contributed by atoms with Gasteiger partial charge in [-0.2, -0.15) is 0 Å². The molecule has 0 aromatic heterocycles. The molecular weight excluding hydrogens is 492 g/mol. The smallest absolute Gasteiger partial charge is 0.264 e. The fourth-order valence-corrected chi connectivity index (χ4v) is 5.62. The van der Waals surface area contributed by atoms with Crippen molar-refractivity contribution in [3.8, 4) is 17.2 Å². The molecule has 0 saturated carbocycles. The third-order valence-electron chi connectivity index (χ3n) is 5.85. The lowest BCUT2D eigenvalue weighted by atomic mass is 10.1. The minimum atomic E-state index is -3.97. The molecule has 2 aliphatic rings. The highest BCUT2D eigenvalue weighted by atomic mass is 35.5. The highest BCUT2D eigenvalue weighted by Crippen LogP contribution is 2.37. The molecule has 35 heavy (non-hydrogen) atoms. The second-order valence-electron chi connectivity index (χ2n) is 8.20. The van der Waals surface area contributed by atoms with Crippen LogP contribution in [0.5, 0.6) is 17.2 Å². The number of nitrogens with zero attached hydrogens (tertiary/aromatic N) is 1. The fraction of sp³-hybridized carbons (Fsp3) is 0.240. The summed E-state index contributed by atoms with van der Waals surface area (Å²) in [6.07, 6.45) is -1.05. The van der Waals surface area contributed by atoms with Gasteiger partial charge < -0.3 is 19.5 Å². The molecule has 3 aromatic rings. The average Bonchev–Trinajstić information content (AvgIpc) is 2.87. The van der Waals surface area contributed by atoms with E-state index in [1.54, 1.807) is 30.3 Å². The first kappa shape index (κ1) is 23.3. The molecule has 3 aromatic carbocycles. The predicted molar refractivity (Wildman–Crippen MR) is 131 cm³/mol. The Hall–Kier alpha value is -3.43. The maximum atomic E-state index is 13.5. The van der Waals surface area contributed by atoms with E-state index < -0.39 is 22.0 Å². The second-order valence-corrected chi connectivity index (χ2v) is 10.5. The summed E-state index contributed by atoms with van der Waals surface area (Å²) in [4.78, 5) is 13.3. The van der Waals surface area contributed by atoms with Gasteiger partial charge in [-0.25, -0.2) is 8.42 Å². The number of para-hydroxylation sites is 2. The SMILES string of the molecule is CC(NC(=O)C1CN(S(=O)(=O)c2ccc(Cl)cc2)c2ccccc2O1)c1ccc2c(c1)OCCO2. The van der Waals surface area contributed by atoms with Crippen LogP contribution >= 0.6 is 11.6 Å². The van der Waals surface area contributed by atoms with Gasteiger partial charge >= 0.3 is 0 Å². The topological polar surface area (TPSA) is 94.2 Å². The van der Waals surface area contributed by atoms with Crippen molar-refractivity contribution in [2.45, 2.75) is 24.0 Å². The molecule has 1 N–H and O–H groups in total. The standard InChI is InChI=1S/C25H23ClN2O6S/c1-16(17-6-11-22-23(14-17)33-13-12-32-22)27-25(29)24-15-28(20-4-2-3-5-21(20)34-24)35(30,31)19-9-7-18(26)8-10-19/h2-11,14,16,24H,12-13,15H2,1H3,(H,27,29). The van der Waals surface area contributed by atoms with Crippen LogP contribution in [0.25, 0.3) is 0 Å². The number of amides is 1. The molecule has 2 aliphatic heterocycles. The van der Waals surface area contributed by atoms with Crippen LogP contribution in [0.1, 0.15) is 18.5 Å². The van der Waals surface area contributed by atoms with Crippen LogP contribution in [0.4, 0.5) is 5.69 Å². The maximum Gasteiger partial charge on any atom is 0.264 e. The molecule has 2 heterocycles. The maximum absolute atomic E-state index is 13.5. The van der Waals surface area contributed by atoms with E-state index in [9.17, 15) is 13.2 Å². The van der Waals surface area contributed by atoms with Gasteiger partial charge in [0.15, 0.2) is 17.6 Å². The Balaban J connectivity index is 1.38. The molecule has 0 bridgehead atoms. The Labute approximate surface area is 208 Å². The van der Waals surface area contributed by atoms with Gasteiger partial charge in [-0.15, -0.1) is 0 Å². The number of carbonyl (C=O) groups excluding carboxylic acids is 1. The van der Waals surface area contributed by atoms with E-state index >= 15 is 0 Å². The van der Waals surface area contributed by atoms with Crippen LogP contribution in [-0.2, 0) is 14.8 Å². The van der Waals surface area contributed by atoms with Gasteiger partial charge in [0.2, 0.25) is 0 Å². The summed E-state index contributed by atoms with van der Waals surface area (Å²) >= 11 is 5.94. The summed E-state index contributed by atoms with van der Waals surface area (Å²) in [7, 11) is -3.97. The van der Waals surface area contributed by atoms with Crippen molar-refractivity contribution in [1.82, 2.24) is 5.32 Å². The molecule has 0 spiro atoms. The summed E-state index contributed by atoms with van der Waals surface area (Å²) in [6.45, 7) is 2.61. The van der Waals surface area contributed by atoms with Crippen LogP contribution in [0.2, 0.25) is 5.02 Å². The first-order valence-electron chi connectivity index (χ1n) is 11.1. The Kier molecular flexibility index (Phi) is 6.21. The van der Waals surface area contributed by atoms with Gasteiger partial charge in [0.25, 0.3) is 15.9 Å². The molecule has 182 valence electrons. The lowest BCUT2D eigenvalue weighted by Crippen LogP contribution is -2.51. The Morgan fingerprint density at radius 2 is 1.71 bits per heavy atom. The minimum Gasteiger partial charge on any atom is -0.486 e. The third kappa shape index (κ3) is 4.61. The van der Waals surface area contributed by atoms with Gasteiger partial charge in [-0.05, 0) is 61.0 Å². The van der Waals surface area contributed by atoms with Crippen LogP contribution in [0.3, 0.4) is 0 Å².